The highest BCUT2D eigenvalue weighted by molar-refractivity contribution is 4.56. The molecule has 0 fully saturated rings. The average Bonchev–Trinajstić information content (AvgIpc) is 1.84. The third-order valence-corrected chi connectivity index (χ3v) is 1.73. The number of hydrogen-bond donors (Lipinski definition) is 0. The Morgan fingerprint density at radius 2 is 1.67 bits per heavy atom. The molecule has 0 aromatic rings. The predicted octanol–water partition coefficient (Wildman–Crippen LogP) is 1.32. The van der Waals surface area contributed by atoms with Crippen molar-refractivity contribution in [3.05, 3.63) is 0 Å². The zero-order valence-corrected chi connectivity index (χ0v) is 7.01. The van der Waals surface area contributed by atoms with Crippen molar-refractivity contribution in [2.75, 3.05) is 14.2 Å². The lowest BCUT2D eigenvalue weighted by Gasteiger charge is -2.26. The number of hydrogen-bond acceptors (Lipinski definition) is 2. The molecular weight excluding hydrogens is 114 g/mol. The van der Waals surface area contributed by atoms with Crippen molar-refractivity contribution >= 4 is 0 Å². The first-order valence-corrected chi connectivity index (χ1v) is 3.34. The second kappa shape index (κ2) is 3.85. The fourth-order valence-electron chi connectivity index (χ4n) is 0.586. The summed E-state index contributed by atoms with van der Waals surface area (Å²) >= 11 is 0. The van der Waals surface area contributed by atoms with E-state index in [9.17, 15) is 0 Å². The van der Waals surface area contributed by atoms with Gasteiger partial charge in [0.1, 0.15) is 6.23 Å². The number of nitrogens with zero attached hydrogens (tertiary/aromatic N) is 1. The van der Waals surface area contributed by atoms with Crippen LogP contribution in [0.2, 0.25) is 0 Å². The van der Waals surface area contributed by atoms with Crippen molar-refractivity contribution < 1.29 is 4.74 Å². The lowest BCUT2D eigenvalue weighted by atomic mass is 10.3. The zero-order valence-electron chi connectivity index (χ0n) is 7.01. The van der Waals surface area contributed by atoms with Crippen molar-refractivity contribution in [3.8, 4) is 0 Å². The van der Waals surface area contributed by atoms with E-state index in [0.717, 1.165) is 0 Å². The summed E-state index contributed by atoms with van der Waals surface area (Å²) < 4.78 is 5.10. The van der Waals surface area contributed by atoms with E-state index in [4.69, 9.17) is 4.74 Å². The van der Waals surface area contributed by atoms with Gasteiger partial charge in [-0.3, -0.25) is 4.90 Å². The van der Waals surface area contributed by atoms with E-state index in [0.29, 0.717) is 6.04 Å². The molecule has 0 heterocycles. The molecule has 0 aliphatic carbocycles. The van der Waals surface area contributed by atoms with Crippen molar-refractivity contribution in [1.29, 1.82) is 0 Å². The summed E-state index contributed by atoms with van der Waals surface area (Å²) in [6.45, 7) is 6.34. The summed E-state index contributed by atoms with van der Waals surface area (Å²) in [5, 5.41) is 0. The minimum Gasteiger partial charge on any atom is -0.367 e. The van der Waals surface area contributed by atoms with Gasteiger partial charge in [0.2, 0.25) is 0 Å². The quantitative estimate of drug-likeness (QED) is 0.536. The van der Waals surface area contributed by atoms with Crippen LogP contribution < -0.4 is 0 Å². The molecule has 1 unspecified atom stereocenters. The summed E-state index contributed by atoms with van der Waals surface area (Å²) in [5.41, 5.74) is 0. The Morgan fingerprint density at radius 1 is 1.22 bits per heavy atom. The highest BCUT2D eigenvalue weighted by atomic mass is 16.5. The van der Waals surface area contributed by atoms with Gasteiger partial charge >= 0.3 is 0 Å². The van der Waals surface area contributed by atoms with Crippen molar-refractivity contribution in [2.45, 2.75) is 33.0 Å². The van der Waals surface area contributed by atoms with Crippen LogP contribution in [0.3, 0.4) is 0 Å². The molecule has 9 heavy (non-hydrogen) atoms. The Bertz CT molecular complexity index is 73.3. The summed E-state index contributed by atoms with van der Waals surface area (Å²) in [6.07, 6.45) is 0.227. The molecule has 0 aliphatic heterocycles. The first kappa shape index (κ1) is 8.92. The molecule has 2 nitrogen and oxygen atoms in total. The van der Waals surface area contributed by atoms with E-state index < -0.39 is 0 Å². The van der Waals surface area contributed by atoms with E-state index in [-0.39, 0.29) is 6.23 Å². The maximum atomic E-state index is 5.10. The molecule has 0 aromatic carbocycles. The fraction of sp³-hybridized carbons (Fsp3) is 1.00. The number of rotatable bonds is 3. The van der Waals surface area contributed by atoms with Crippen LogP contribution in [0.25, 0.3) is 0 Å². The summed E-state index contributed by atoms with van der Waals surface area (Å²) in [7, 11) is 3.78. The second-order valence-corrected chi connectivity index (χ2v) is 2.59. The van der Waals surface area contributed by atoms with Crippen LogP contribution in [0.5, 0.6) is 0 Å². The number of methoxy groups -OCH3 is 1. The van der Waals surface area contributed by atoms with Crippen LogP contribution in [0.15, 0.2) is 0 Å². The average molecular weight is 131 g/mol. The topological polar surface area (TPSA) is 12.5 Å². The Morgan fingerprint density at radius 3 is 1.78 bits per heavy atom. The van der Waals surface area contributed by atoms with E-state index in [1.54, 1.807) is 7.11 Å². The van der Waals surface area contributed by atoms with E-state index in [1.807, 2.05) is 6.92 Å². The van der Waals surface area contributed by atoms with Crippen LogP contribution in [0, 0.1) is 0 Å². The normalized spacial score (nSPS) is 15.0. The lowest BCUT2D eigenvalue weighted by Crippen LogP contribution is -2.35. The Kier molecular flexibility index (Phi) is 3.82. The second-order valence-electron chi connectivity index (χ2n) is 2.59. The van der Waals surface area contributed by atoms with E-state index >= 15 is 0 Å². The van der Waals surface area contributed by atoms with Gasteiger partial charge in [0.05, 0.1) is 0 Å². The molecule has 0 saturated heterocycles. The molecular formula is C7H17NO. The van der Waals surface area contributed by atoms with Gasteiger partial charge in [-0.25, -0.2) is 0 Å². The maximum Gasteiger partial charge on any atom is 0.107 e. The lowest BCUT2D eigenvalue weighted by molar-refractivity contribution is -0.0192. The summed E-state index contributed by atoms with van der Waals surface area (Å²) in [4.78, 5) is 2.17. The van der Waals surface area contributed by atoms with Gasteiger partial charge in [-0.15, -0.1) is 0 Å². The molecule has 0 spiro atoms. The molecule has 0 saturated carbocycles. The minimum absolute atomic E-state index is 0.227. The van der Waals surface area contributed by atoms with E-state index in [1.165, 1.54) is 0 Å². The van der Waals surface area contributed by atoms with Crippen LogP contribution in [0.4, 0.5) is 0 Å². The number of ether oxygens (including phenoxy) is 1. The van der Waals surface area contributed by atoms with Crippen molar-refractivity contribution in [1.82, 2.24) is 4.90 Å². The monoisotopic (exact) mass is 131 g/mol. The van der Waals surface area contributed by atoms with Crippen molar-refractivity contribution in [3.63, 3.8) is 0 Å². The standard InChI is InChI=1S/C7H17NO/c1-6(2)8(4)7(3)9-5/h6-7H,1-5H3. The Balaban J connectivity index is 3.58. The van der Waals surface area contributed by atoms with Gasteiger partial charge in [0.25, 0.3) is 0 Å². The van der Waals surface area contributed by atoms with Crippen LogP contribution >= 0.6 is 0 Å². The smallest absolute Gasteiger partial charge is 0.107 e. The van der Waals surface area contributed by atoms with Gasteiger partial charge in [0.15, 0.2) is 0 Å². The van der Waals surface area contributed by atoms with Crippen molar-refractivity contribution in [2.24, 2.45) is 0 Å². The van der Waals surface area contributed by atoms with Gasteiger partial charge in [0, 0.05) is 13.2 Å². The van der Waals surface area contributed by atoms with Crippen LogP contribution in [-0.4, -0.2) is 31.3 Å². The fourth-order valence-corrected chi connectivity index (χ4v) is 0.586. The van der Waals surface area contributed by atoms with Gasteiger partial charge in [-0.2, -0.15) is 0 Å². The molecule has 1 atom stereocenters. The minimum atomic E-state index is 0.227. The molecule has 56 valence electrons. The van der Waals surface area contributed by atoms with Gasteiger partial charge < -0.3 is 4.74 Å². The predicted molar refractivity (Wildman–Crippen MR) is 39.4 cm³/mol. The first-order chi connectivity index (χ1) is 4.09. The molecule has 0 aromatic heterocycles. The largest absolute Gasteiger partial charge is 0.367 e. The maximum absolute atomic E-state index is 5.10. The summed E-state index contributed by atoms with van der Waals surface area (Å²) in [6, 6.07) is 0.556. The highest BCUT2D eigenvalue weighted by Gasteiger charge is 2.09. The van der Waals surface area contributed by atoms with Gasteiger partial charge in [-0.1, -0.05) is 0 Å². The van der Waals surface area contributed by atoms with E-state index in [2.05, 4.69) is 25.8 Å². The molecule has 0 amide bonds. The Labute approximate surface area is 57.8 Å². The molecule has 0 N–H and O–H groups in total. The third-order valence-electron chi connectivity index (χ3n) is 1.73. The molecule has 0 rings (SSSR count). The molecule has 0 aliphatic rings. The first-order valence-electron chi connectivity index (χ1n) is 3.34. The zero-order chi connectivity index (χ0) is 7.44. The molecule has 2 heteroatoms. The SMILES string of the molecule is COC(C)N(C)C(C)C. The Hall–Kier alpha value is -0.0800. The van der Waals surface area contributed by atoms with Crippen LogP contribution in [0.1, 0.15) is 20.8 Å². The highest BCUT2D eigenvalue weighted by Crippen LogP contribution is 2.00. The van der Waals surface area contributed by atoms with Gasteiger partial charge in [-0.05, 0) is 27.8 Å². The third kappa shape index (κ3) is 2.82. The summed E-state index contributed by atoms with van der Waals surface area (Å²) in [5.74, 6) is 0. The molecule has 0 bridgehead atoms. The van der Waals surface area contributed by atoms with Crippen LogP contribution in [-0.2, 0) is 4.74 Å². The molecule has 0 radical (unpaired) electrons.